The molecular weight excluding hydrogens is 146 g/mol. The lowest BCUT2D eigenvalue weighted by Gasteiger charge is -2.07. The molecule has 0 bridgehead atoms. The van der Waals surface area contributed by atoms with Gasteiger partial charge >= 0.3 is 0 Å². The summed E-state index contributed by atoms with van der Waals surface area (Å²) in [4.78, 5) is 21.0. The van der Waals surface area contributed by atoms with Gasteiger partial charge in [-0.15, -0.1) is 0 Å². The van der Waals surface area contributed by atoms with Crippen molar-refractivity contribution in [1.82, 2.24) is 5.32 Å². The van der Waals surface area contributed by atoms with Gasteiger partial charge in [-0.2, -0.15) is 0 Å². The number of carbonyl (C=O) groups is 2. The Morgan fingerprint density at radius 1 is 1.55 bits per heavy atom. The molecule has 0 rings (SSSR count). The average Bonchev–Trinajstić information content (AvgIpc) is 1.98. The molecule has 1 atom stereocenters. The average molecular weight is 159 g/mol. The summed E-state index contributed by atoms with van der Waals surface area (Å²) in [6, 6.07) is -0.547. The Kier molecular flexibility index (Phi) is 4.21. The molecule has 0 aromatic heterocycles. The van der Waals surface area contributed by atoms with Gasteiger partial charge in [-0.1, -0.05) is 6.92 Å². The highest BCUT2D eigenvalue weighted by atomic mass is 16.2. The highest BCUT2D eigenvalue weighted by molar-refractivity contribution is 5.86. The minimum absolute atomic E-state index is 0.146. The van der Waals surface area contributed by atoms with E-state index in [1.165, 1.54) is 0 Å². The van der Waals surface area contributed by atoms with Crippen molar-refractivity contribution in [2.75, 3.05) is 6.54 Å². The van der Waals surface area contributed by atoms with Gasteiger partial charge in [0.05, 0.1) is 12.6 Å². The Bertz CT molecular complexity index is 158. The van der Waals surface area contributed by atoms with Gasteiger partial charge in [-0.3, -0.25) is 9.59 Å². The van der Waals surface area contributed by atoms with Gasteiger partial charge < -0.3 is 16.8 Å². The number of hydrogen-bond acceptors (Lipinski definition) is 3. The van der Waals surface area contributed by atoms with Crippen molar-refractivity contribution < 1.29 is 9.59 Å². The second-order valence-corrected chi connectivity index (χ2v) is 2.20. The minimum Gasteiger partial charge on any atom is -0.368 e. The van der Waals surface area contributed by atoms with Crippen LogP contribution in [0.15, 0.2) is 0 Å². The molecule has 0 saturated carbocycles. The molecule has 0 fully saturated rings. The van der Waals surface area contributed by atoms with Gasteiger partial charge in [0.15, 0.2) is 0 Å². The van der Waals surface area contributed by atoms with E-state index in [1.807, 2.05) is 0 Å². The SMILES string of the molecule is CCC(N)C(=O)NCC(N)=O. The molecule has 0 aromatic rings. The molecular formula is C6H13N3O2. The zero-order valence-corrected chi connectivity index (χ0v) is 6.46. The van der Waals surface area contributed by atoms with Crippen molar-refractivity contribution in [3.8, 4) is 0 Å². The van der Waals surface area contributed by atoms with Crippen LogP contribution < -0.4 is 16.8 Å². The zero-order valence-electron chi connectivity index (χ0n) is 6.46. The summed E-state index contributed by atoms with van der Waals surface area (Å²) in [5.41, 5.74) is 10.1. The highest BCUT2D eigenvalue weighted by Gasteiger charge is 2.10. The lowest BCUT2D eigenvalue weighted by molar-refractivity contribution is -0.125. The number of carbonyl (C=O) groups excluding carboxylic acids is 2. The number of primary amides is 1. The quantitative estimate of drug-likeness (QED) is 0.457. The Morgan fingerprint density at radius 2 is 2.09 bits per heavy atom. The summed E-state index contributed by atoms with van der Waals surface area (Å²) >= 11 is 0. The van der Waals surface area contributed by atoms with E-state index in [0.717, 1.165) is 0 Å². The Morgan fingerprint density at radius 3 is 2.45 bits per heavy atom. The summed E-state index contributed by atoms with van der Waals surface area (Å²) in [6.07, 6.45) is 0.546. The molecule has 11 heavy (non-hydrogen) atoms. The second kappa shape index (κ2) is 4.68. The van der Waals surface area contributed by atoms with Crippen LogP contribution in [-0.4, -0.2) is 24.4 Å². The maximum Gasteiger partial charge on any atom is 0.237 e. The smallest absolute Gasteiger partial charge is 0.237 e. The molecule has 0 aromatic carbocycles. The Labute approximate surface area is 65.1 Å². The van der Waals surface area contributed by atoms with Crippen LogP contribution in [0.2, 0.25) is 0 Å². The lowest BCUT2D eigenvalue weighted by Crippen LogP contribution is -2.43. The first-order valence-corrected chi connectivity index (χ1v) is 3.39. The fourth-order valence-corrected chi connectivity index (χ4v) is 0.491. The number of amides is 2. The van der Waals surface area contributed by atoms with E-state index >= 15 is 0 Å². The fourth-order valence-electron chi connectivity index (χ4n) is 0.491. The second-order valence-electron chi connectivity index (χ2n) is 2.20. The van der Waals surface area contributed by atoms with Crippen molar-refractivity contribution in [3.05, 3.63) is 0 Å². The zero-order chi connectivity index (χ0) is 8.85. The predicted octanol–water partition coefficient (Wildman–Crippen LogP) is -1.67. The van der Waals surface area contributed by atoms with E-state index < -0.39 is 11.9 Å². The third-order valence-electron chi connectivity index (χ3n) is 1.21. The van der Waals surface area contributed by atoms with E-state index in [4.69, 9.17) is 11.5 Å². The molecule has 0 radical (unpaired) electrons. The minimum atomic E-state index is -0.568. The molecule has 2 amide bonds. The molecule has 64 valence electrons. The Balaban J connectivity index is 3.60. The van der Waals surface area contributed by atoms with Crippen LogP contribution >= 0.6 is 0 Å². The third-order valence-corrected chi connectivity index (χ3v) is 1.21. The van der Waals surface area contributed by atoms with E-state index in [9.17, 15) is 9.59 Å². The molecule has 5 N–H and O–H groups in total. The van der Waals surface area contributed by atoms with Gasteiger partial charge in [0.1, 0.15) is 0 Å². The predicted molar refractivity (Wildman–Crippen MR) is 40.5 cm³/mol. The van der Waals surface area contributed by atoms with E-state index in [2.05, 4.69) is 5.32 Å². The molecule has 5 nitrogen and oxygen atoms in total. The molecule has 0 aliphatic heterocycles. The standard InChI is InChI=1S/C6H13N3O2/c1-2-4(7)6(11)9-3-5(8)10/h4H,2-3,7H2,1H3,(H2,8,10)(H,9,11). The molecule has 0 saturated heterocycles. The molecule has 5 heteroatoms. The molecule has 1 unspecified atom stereocenters. The molecule has 0 heterocycles. The van der Waals surface area contributed by atoms with Gasteiger partial charge in [0.2, 0.25) is 11.8 Å². The molecule has 0 spiro atoms. The summed E-state index contributed by atoms with van der Waals surface area (Å²) < 4.78 is 0. The maximum atomic E-state index is 10.8. The third kappa shape index (κ3) is 4.32. The lowest BCUT2D eigenvalue weighted by atomic mass is 10.2. The molecule has 0 aliphatic carbocycles. The summed E-state index contributed by atoms with van der Waals surface area (Å²) in [5, 5.41) is 2.29. The summed E-state index contributed by atoms with van der Waals surface area (Å²) in [5.74, 6) is -0.909. The first-order valence-electron chi connectivity index (χ1n) is 3.39. The number of hydrogen-bond donors (Lipinski definition) is 3. The van der Waals surface area contributed by atoms with Crippen LogP contribution in [0.4, 0.5) is 0 Å². The number of nitrogens with one attached hydrogen (secondary N) is 1. The van der Waals surface area contributed by atoms with E-state index in [-0.39, 0.29) is 12.5 Å². The van der Waals surface area contributed by atoms with E-state index in [0.29, 0.717) is 6.42 Å². The fraction of sp³-hybridized carbons (Fsp3) is 0.667. The summed E-state index contributed by atoms with van der Waals surface area (Å²) in [7, 11) is 0. The van der Waals surface area contributed by atoms with Gasteiger partial charge in [-0.25, -0.2) is 0 Å². The van der Waals surface area contributed by atoms with Gasteiger partial charge in [0, 0.05) is 0 Å². The topological polar surface area (TPSA) is 98.2 Å². The van der Waals surface area contributed by atoms with Gasteiger partial charge in [0.25, 0.3) is 0 Å². The van der Waals surface area contributed by atoms with E-state index in [1.54, 1.807) is 6.92 Å². The largest absolute Gasteiger partial charge is 0.368 e. The highest BCUT2D eigenvalue weighted by Crippen LogP contribution is 1.83. The summed E-state index contributed by atoms with van der Waals surface area (Å²) in [6.45, 7) is 1.64. The van der Waals surface area contributed by atoms with Crippen molar-refractivity contribution in [3.63, 3.8) is 0 Å². The monoisotopic (exact) mass is 159 g/mol. The normalized spacial score (nSPS) is 12.2. The first-order chi connectivity index (χ1) is 5.07. The number of rotatable bonds is 4. The van der Waals surface area contributed by atoms with Crippen molar-refractivity contribution in [2.45, 2.75) is 19.4 Å². The Hall–Kier alpha value is -1.10. The van der Waals surface area contributed by atoms with Crippen LogP contribution in [0.25, 0.3) is 0 Å². The van der Waals surface area contributed by atoms with Crippen molar-refractivity contribution >= 4 is 11.8 Å². The van der Waals surface area contributed by atoms with Crippen molar-refractivity contribution in [1.29, 1.82) is 0 Å². The molecule has 0 aliphatic rings. The van der Waals surface area contributed by atoms with Crippen LogP contribution in [0.3, 0.4) is 0 Å². The van der Waals surface area contributed by atoms with Crippen LogP contribution in [0.5, 0.6) is 0 Å². The van der Waals surface area contributed by atoms with Crippen LogP contribution in [-0.2, 0) is 9.59 Å². The van der Waals surface area contributed by atoms with Crippen LogP contribution in [0, 0.1) is 0 Å². The van der Waals surface area contributed by atoms with Gasteiger partial charge in [-0.05, 0) is 6.42 Å². The maximum absolute atomic E-state index is 10.8. The van der Waals surface area contributed by atoms with Crippen molar-refractivity contribution in [2.24, 2.45) is 11.5 Å². The van der Waals surface area contributed by atoms with Crippen LogP contribution in [0.1, 0.15) is 13.3 Å². The first kappa shape index (κ1) is 9.90. The number of nitrogens with two attached hydrogens (primary N) is 2.